The van der Waals surface area contributed by atoms with Crippen molar-refractivity contribution >= 4 is 33.0 Å². The normalized spacial score (nSPS) is 14.7. The molecule has 2 aromatic carbocycles. The highest BCUT2D eigenvalue weighted by Crippen LogP contribution is 2.30. The van der Waals surface area contributed by atoms with Crippen molar-refractivity contribution in [3.05, 3.63) is 71.5 Å². The van der Waals surface area contributed by atoms with Gasteiger partial charge < -0.3 is 9.64 Å². The van der Waals surface area contributed by atoms with Crippen LogP contribution in [0, 0.1) is 0 Å². The fraction of sp³-hybridized carbons (Fsp3) is 0.286. The third-order valence-corrected chi connectivity index (χ3v) is 6.98. The molecular weight excluding hydrogens is 424 g/mol. The Kier molecular flexibility index (Phi) is 5.99. The van der Waals surface area contributed by atoms with Gasteiger partial charge in [-0.05, 0) is 35.9 Å². The number of ether oxygens (including phenoxy) is 1. The molecule has 1 saturated heterocycles. The largest absolute Gasteiger partial charge is 0.378 e. The van der Waals surface area contributed by atoms with E-state index in [0.717, 1.165) is 24.3 Å². The molecule has 0 spiro atoms. The fourth-order valence-electron chi connectivity index (χ4n) is 3.40. The van der Waals surface area contributed by atoms with Crippen molar-refractivity contribution in [3.63, 3.8) is 0 Å². The number of morpholine rings is 1. The molecule has 1 aromatic heterocycles. The van der Waals surface area contributed by atoms with E-state index in [2.05, 4.69) is 10.00 Å². The van der Waals surface area contributed by atoms with Gasteiger partial charge in [0.25, 0.3) is 10.0 Å². The van der Waals surface area contributed by atoms with Gasteiger partial charge in [-0.2, -0.15) is 5.10 Å². The van der Waals surface area contributed by atoms with E-state index in [9.17, 15) is 8.42 Å². The molecular formula is C21H23ClN4O3S. The fourth-order valence-corrected chi connectivity index (χ4v) is 4.95. The molecule has 3 aromatic rings. The van der Waals surface area contributed by atoms with Gasteiger partial charge in [0.1, 0.15) is 4.90 Å². The zero-order valence-corrected chi connectivity index (χ0v) is 18.2. The number of aryl methyl sites for hydroxylation is 1. The van der Waals surface area contributed by atoms with Gasteiger partial charge in [0.05, 0.1) is 31.6 Å². The van der Waals surface area contributed by atoms with Crippen LogP contribution in [0.25, 0.3) is 0 Å². The van der Waals surface area contributed by atoms with Crippen LogP contribution in [-0.4, -0.2) is 44.5 Å². The van der Waals surface area contributed by atoms with E-state index in [1.54, 1.807) is 19.2 Å². The molecule has 0 unspecified atom stereocenters. The number of anilines is 2. The van der Waals surface area contributed by atoms with E-state index in [-0.39, 0.29) is 11.4 Å². The van der Waals surface area contributed by atoms with Gasteiger partial charge in [-0.25, -0.2) is 8.42 Å². The number of halogens is 1. The van der Waals surface area contributed by atoms with Gasteiger partial charge in [-0.3, -0.25) is 8.99 Å². The van der Waals surface area contributed by atoms with E-state index >= 15 is 0 Å². The Balaban J connectivity index is 1.74. The summed E-state index contributed by atoms with van der Waals surface area (Å²) in [6.45, 7) is 3.05. The molecule has 0 saturated carbocycles. The molecule has 7 nitrogen and oxygen atoms in total. The first-order valence-electron chi connectivity index (χ1n) is 9.62. The Labute approximate surface area is 181 Å². The molecule has 0 radical (unpaired) electrons. The summed E-state index contributed by atoms with van der Waals surface area (Å²) in [6.07, 6.45) is 2.88. The highest BCUT2D eigenvalue weighted by Gasteiger charge is 2.27. The Morgan fingerprint density at radius 3 is 2.53 bits per heavy atom. The maximum Gasteiger partial charge on any atom is 0.267 e. The molecule has 158 valence electrons. The predicted octanol–water partition coefficient (Wildman–Crippen LogP) is 3.31. The highest BCUT2D eigenvalue weighted by molar-refractivity contribution is 7.92. The number of sulfonamides is 1. The van der Waals surface area contributed by atoms with Gasteiger partial charge in [0.2, 0.25) is 0 Å². The lowest BCUT2D eigenvalue weighted by molar-refractivity contribution is 0.122. The maximum absolute atomic E-state index is 13.5. The van der Waals surface area contributed by atoms with Gasteiger partial charge in [0.15, 0.2) is 0 Å². The molecule has 4 rings (SSSR count). The summed E-state index contributed by atoms with van der Waals surface area (Å²) in [7, 11) is -2.12. The van der Waals surface area contributed by atoms with E-state index in [4.69, 9.17) is 16.3 Å². The number of benzene rings is 2. The van der Waals surface area contributed by atoms with Crippen LogP contribution in [0.4, 0.5) is 11.4 Å². The first-order valence-corrected chi connectivity index (χ1v) is 11.4. The number of hydrogen-bond acceptors (Lipinski definition) is 5. The van der Waals surface area contributed by atoms with Crippen molar-refractivity contribution in [3.8, 4) is 0 Å². The zero-order valence-electron chi connectivity index (χ0n) is 16.6. The average Bonchev–Trinajstić information content (AvgIpc) is 3.21. The van der Waals surface area contributed by atoms with Gasteiger partial charge in [-0.1, -0.05) is 29.8 Å². The van der Waals surface area contributed by atoms with Gasteiger partial charge >= 0.3 is 0 Å². The van der Waals surface area contributed by atoms with Crippen LogP contribution in [-0.2, 0) is 28.4 Å². The van der Waals surface area contributed by atoms with Gasteiger partial charge in [0, 0.05) is 37.0 Å². The van der Waals surface area contributed by atoms with E-state index in [0.29, 0.717) is 23.9 Å². The molecule has 1 aliphatic heterocycles. The second kappa shape index (κ2) is 8.67. The van der Waals surface area contributed by atoms with Crippen molar-refractivity contribution in [2.45, 2.75) is 11.4 Å². The van der Waals surface area contributed by atoms with Crippen molar-refractivity contribution in [2.75, 3.05) is 35.5 Å². The van der Waals surface area contributed by atoms with Crippen molar-refractivity contribution in [1.29, 1.82) is 0 Å². The summed E-state index contributed by atoms with van der Waals surface area (Å²) < 4.78 is 35.4. The summed E-state index contributed by atoms with van der Waals surface area (Å²) in [5.41, 5.74) is 2.40. The van der Waals surface area contributed by atoms with Crippen LogP contribution in [0.5, 0.6) is 0 Å². The number of hydrogen-bond donors (Lipinski definition) is 0. The minimum atomic E-state index is -3.82. The molecule has 9 heteroatoms. The quantitative estimate of drug-likeness (QED) is 0.581. The first-order chi connectivity index (χ1) is 14.4. The Hall–Kier alpha value is -2.55. The monoisotopic (exact) mass is 446 g/mol. The Morgan fingerprint density at radius 2 is 1.87 bits per heavy atom. The van der Waals surface area contributed by atoms with Crippen molar-refractivity contribution in [2.24, 2.45) is 7.05 Å². The van der Waals surface area contributed by atoms with Crippen molar-refractivity contribution in [1.82, 2.24) is 9.78 Å². The molecule has 2 heterocycles. The summed E-state index contributed by atoms with van der Waals surface area (Å²) in [5, 5.41) is 4.65. The number of nitrogens with zero attached hydrogens (tertiary/aromatic N) is 4. The maximum atomic E-state index is 13.5. The third kappa shape index (κ3) is 4.45. The van der Waals surface area contributed by atoms with Crippen molar-refractivity contribution < 1.29 is 13.2 Å². The second-order valence-corrected chi connectivity index (χ2v) is 9.41. The van der Waals surface area contributed by atoms with Crippen LogP contribution >= 0.6 is 11.6 Å². The topological polar surface area (TPSA) is 67.7 Å². The van der Waals surface area contributed by atoms with Gasteiger partial charge in [-0.15, -0.1) is 0 Å². The lowest BCUT2D eigenvalue weighted by Crippen LogP contribution is -2.36. The number of rotatable bonds is 6. The van der Waals surface area contributed by atoms with E-state index < -0.39 is 10.0 Å². The minimum absolute atomic E-state index is 0.149. The summed E-state index contributed by atoms with van der Waals surface area (Å²) in [5.74, 6) is 0. The van der Waals surface area contributed by atoms with Crippen LogP contribution in [0.3, 0.4) is 0 Å². The summed E-state index contributed by atoms with van der Waals surface area (Å²) >= 11 is 6.00. The molecule has 1 aliphatic rings. The van der Waals surface area contributed by atoms with E-state index in [1.165, 1.54) is 21.4 Å². The summed E-state index contributed by atoms with van der Waals surface area (Å²) in [6, 6.07) is 14.8. The lowest BCUT2D eigenvalue weighted by atomic mass is 10.2. The Morgan fingerprint density at radius 1 is 1.13 bits per heavy atom. The molecule has 0 bridgehead atoms. The SMILES string of the molecule is Cn1cc(S(=O)(=O)N(Cc2ccc(Cl)cc2)c2cccc(N3CCOCC3)c2)cn1. The molecule has 0 aliphatic carbocycles. The zero-order chi connectivity index (χ0) is 21.1. The predicted molar refractivity (Wildman–Crippen MR) is 118 cm³/mol. The molecule has 30 heavy (non-hydrogen) atoms. The summed E-state index contributed by atoms with van der Waals surface area (Å²) in [4.78, 5) is 2.35. The average molecular weight is 447 g/mol. The molecule has 0 amide bonds. The molecule has 0 N–H and O–H groups in total. The first kappa shape index (κ1) is 20.7. The third-order valence-electron chi connectivity index (χ3n) is 5.00. The standard InChI is InChI=1S/C21H23ClN4O3S/c1-24-16-21(14-23-24)30(27,28)26(15-17-5-7-18(22)8-6-17)20-4-2-3-19(13-20)25-9-11-29-12-10-25/h2-8,13-14,16H,9-12,15H2,1H3. The highest BCUT2D eigenvalue weighted by atomic mass is 35.5. The minimum Gasteiger partial charge on any atom is -0.378 e. The van der Waals surface area contributed by atoms with E-state index in [1.807, 2.05) is 36.4 Å². The molecule has 1 fully saturated rings. The van der Waals surface area contributed by atoms with Crippen LogP contribution in [0.15, 0.2) is 65.8 Å². The Bertz CT molecular complexity index is 1110. The van der Waals surface area contributed by atoms with Crippen LogP contribution in [0.1, 0.15) is 5.56 Å². The smallest absolute Gasteiger partial charge is 0.267 e. The van der Waals surface area contributed by atoms with Crippen LogP contribution in [0.2, 0.25) is 5.02 Å². The molecule has 0 atom stereocenters. The lowest BCUT2D eigenvalue weighted by Gasteiger charge is -2.30. The van der Waals surface area contributed by atoms with Crippen LogP contribution < -0.4 is 9.21 Å². The number of aromatic nitrogens is 2. The second-order valence-electron chi connectivity index (χ2n) is 7.11.